The Kier molecular flexibility index (Phi) is 11.8. The Balaban J connectivity index is 2.28. The summed E-state index contributed by atoms with van der Waals surface area (Å²) >= 11 is 0. The number of aromatic nitrogens is 1. The topological polar surface area (TPSA) is 90.1 Å². The highest BCUT2D eigenvalue weighted by Crippen LogP contribution is 2.10. The van der Waals surface area contributed by atoms with E-state index < -0.39 is 0 Å². The molecule has 0 amide bonds. The SMILES string of the molecule is C=C/C=C\C(CC)CNCCC(CF)CCNC(=N)c1ccc(N(C)N)cn1. The van der Waals surface area contributed by atoms with Crippen LogP contribution in [0.25, 0.3) is 0 Å². The molecule has 1 aromatic heterocycles. The number of nitrogens with two attached hydrogens (primary N) is 1. The molecule has 0 saturated carbocycles. The number of anilines is 1. The third-order valence-corrected chi connectivity index (χ3v) is 4.66. The second-order valence-corrected chi connectivity index (χ2v) is 6.91. The number of nitrogens with zero attached hydrogens (tertiary/aromatic N) is 2. The monoisotopic (exact) mass is 390 g/mol. The van der Waals surface area contributed by atoms with Crippen LogP contribution in [0.15, 0.2) is 43.1 Å². The van der Waals surface area contributed by atoms with Gasteiger partial charge < -0.3 is 15.6 Å². The molecule has 28 heavy (non-hydrogen) atoms. The fourth-order valence-electron chi connectivity index (χ4n) is 2.71. The molecule has 1 rings (SSSR count). The number of hydrogen-bond donors (Lipinski definition) is 4. The van der Waals surface area contributed by atoms with E-state index in [1.807, 2.05) is 12.1 Å². The average Bonchev–Trinajstić information content (AvgIpc) is 2.71. The Morgan fingerprint density at radius 3 is 2.71 bits per heavy atom. The van der Waals surface area contributed by atoms with E-state index in [0.717, 1.165) is 31.6 Å². The fraction of sp³-hybridized carbons (Fsp3) is 0.524. The maximum absolute atomic E-state index is 13.3. The molecule has 2 atom stereocenters. The van der Waals surface area contributed by atoms with Crippen LogP contribution in [0.3, 0.4) is 0 Å². The van der Waals surface area contributed by atoms with Crippen LogP contribution >= 0.6 is 0 Å². The molecule has 2 unspecified atom stereocenters. The van der Waals surface area contributed by atoms with E-state index in [2.05, 4.69) is 35.2 Å². The van der Waals surface area contributed by atoms with Gasteiger partial charge in [-0.05, 0) is 49.8 Å². The largest absolute Gasteiger partial charge is 0.369 e. The van der Waals surface area contributed by atoms with E-state index in [9.17, 15) is 4.39 Å². The van der Waals surface area contributed by atoms with Crippen molar-refractivity contribution in [1.29, 1.82) is 5.41 Å². The van der Waals surface area contributed by atoms with Gasteiger partial charge in [-0.3, -0.25) is 14.8 Å². The lowest BCUT2D eigenvalue weighted by atomic mass is 10.0. The molecule has 5 N–H and O–H groups in total. The van der Waals surface area contributed by atoms with Crippen LogP contribution in [0.2, 0.25) is 0 Å². The summed E-state index contributed by atoms with van der Waals surface area (Å²) in [5, 5.41) is 16.0. The minimum atomic E-state index is -0.347. The average molecular weight is 391 g/mol. The Labute approximate surface area is 168 Å². The van der Waals surface area contributed by atoms with Crippen molar-refractivity contribution in [2.45, 2.75) is 26.2 Å². The molecule has 156 valence electrons. The lowest BCUT2D eigenvalue weighted by Gasteiger charge is -2.16. The zero-order valence-electron chi connectivity index (χ0n) is 17.1. The maximum atomic E-state index is 13.3. The van der Waals surface area contributed by atoms with Crippen LogP contribution in [0.1, 0.15) is 31.9 Å². The molecule has 7 heteroatoms. The van der Waals surface area contributed by atoms with E-state index in [-0.39, 0.29) is 18.4 Å². The molecule has 0 aliphatic rings. The summed E-state index contributed by atoms with van der Waals surface area (Å²) in [5.41, 5.74) is 1.31. The molecule has 0 aromatic carbocycles. The predicted octanol–water partition coefficient (Wildman–Crippen LogP) is 3.03. The summed E-state index contributed by atoms with van der Waals surface area (Å²) in [5.74, 6) is 6.34. The van der Waals surface area contributed by atoms with Crippen molar-refractivity contribution in [2.75, 3.05) is 38.4 Å². The van der Waals surface area contributed by atoms with Crippen LogP contribution in [0, 0.1) is 17.2 Å². The first-order valence-corrected chi connectivity index (χ1v) is 9.84. The van der Waals surface area contributed by atoms with Crippen LogP contribution in [-0.4, -0.2) is 44.2 Å². The number of halogens is 1. The standard InChI is InChI=1S/C21H35FN6/c1-4-6-7-17(5-2)15-25-12-10-18(14-22)11-13-26-21(23)20-9-8-19(16-27-20)28(3)24/h4,6-9,16-18,25H,1,5,10-15,24H2,2-3H3,(H2,23,26)/b7-6-. The van der Waals surface area contributed by atoms with Crippen LogP contribution in [0.5, 0.6) is 0 Å². The molecule has 0 fully saturated rings. The van der Waals surface area contributed by atoms with Crippen molar-refractivity contribution in [3.05, 3.63) is 48.8 Å². The molecular formula is C21H35FN6. The lowest BCUT2D eigenvalue weighted by molar-refractivity contribution is 0.321. The van der Waals surface area contributed by atoms with Crippen molar-refractivity contribution < 1.29 is 4.39 Å². The van der Waals surface area contributed by atoms with Crippen molar-refractivity contribution in [3.63, 3.8) is 0 Å². The highest BCUT2D eigenvalue weighted by atomic mass is 19.1. The molecule has 0 aliphatic carbocycles. The summed E-state index contributed by atoms with van der Waals surface area (Å²) in [7, 11) is 1.73. The molecule has 6 nitrogen and oxygen atoms in total. The van der Waals surface area contributed by atoms with E-state index in [1.54, 1.807) is 25.4 Å². The second-order valence-electron chi connectivity index (χ2n) is 6.91. The van der Waals surface area contributed by atoms with Gasteiger partial charge in [0.15, 0.2) is 0 Å². The van der Waals surface area contributed by atoms with Crippen molar-refractivity contribution >= 4 is 11.5 Å². The molecule has 0 aliphatic heterocycles. The van der Waals surface area contributed by atoms with E-state index in [1.165, 1.54) is 5.01 Å². The highest BCUT2D eigenvalue weighted by Gasteiger charge is 2.10. The molecule has 0 radical (unpaired) electrons. The van der Waals surface area contributed by atoms with Gasteiger partial charge in [0.2, 0.25) is 0 Å². The smallest absolute Gasteiger partial charge is 0.144 e. The van der Waals surface area contributed by atoms with Crippen molar-refractivity contribution in [3.8, 4) is 0 Å². The number of hydrazine groups is 1. The van der Waals surface area contributed by atoms with Crippen LogP contribution < -0.4 is 21.5 Å². The van der Waals surface area contributed by atoms with Crippen LogP contribution in [-0.2, 0) is 0 Å². The number of nitrogens with one attached hydrogen (secondary N) is 3. The van der Waals surface area contributed by atoms with Gasteiger partial charge >= 0.3 is 0 Å². The Hall–Kier alpha value is -2.25. The minimum absolute atomic E-state index is 0.0159. The Morgan fingerprint density at radius 2 is 2.14 bits per heavy atom. The van der Waals surface area contributed by atoms with E-state index >= 15 is 0 Å². The molecule has 0 spiro atoms. The zero-order chi connectivity index (χ0) is 20.8. The summed E-state index contributed by atoms with van der Waals surface area (Å²) in [4.78, 5) is 4.22. The molecule has 0 saturated heterocycles. The van der Waals surface area contributed by atoms with Gasteiger partial charge in [-0.25, -0.2) is 5.84 Å². The van der Waals surface area contributed by atoms with Crippen LogP contribution in [0.4, 0.5) is 10.1 Å². The molecule has 1 heterocycles. The predicted molar refractivity (Wildman–Crippen MR) is 116 cm³/mol. The third-order valence-electron chi connectivity index (χ3n) is 4.66. The lowest BCUT2D eigenvalue weighted by Crippen LogP contribution is -2.29. The molecule has 1 aromatic rings. The number of alkyl halides is 1. The summed E-state index contributed by atoms with van der Waals surface area (Å²) in [6.45, 7) is 7.73. The summed E-state index contributed by atoms with van der Waals surface area (Å²) in [6.07, 6.45) is 10.0. The number of allylic oxidation sites excluding steroid dienone is 2. The maximum Gasteiger partial charge on any atom is 0.144 e. The highest BCUT2D eigenvalue weighted by molar-refractivity contribution is 5.94. The number of hydrogen-bond acceptors (Lipinski definition) is 5. The van der Waals surface area contributed by atoms with Crippen molar-refractivity contribution in [1.82, 2.24) is 15.6 Å². The Bertz CT molecular complexity index is 599. The normalized spacial score (nSPS) is 13.3. The van der Waals surface area contributed by atoms with E-state index in [4.69, 9.17) is 11.3 Å². The van der Waals surface area contributed by atoms with E-state index in [0.29, 0.717) is 24.6 Å². The van der Waals surface area contributed by atoms with Gasteiger partial charge in [-0.1, -0.05) is 31.7 Å². The molecular weight excluding hydrogens is 355 g/mol. The fourth-order valence-corrected chi connectivity index (χ4v) is 2.71. The first-order chi connectivity index (χ1) is 13.5. The van der Waals surface area contributed by atoms with Gasteiger partial charge in [0.05, 0.1) is 18.6 Å². The van der Waals surface area contributed by atoms with Crippen molar-refractivity contribution in [2.24, 2.45) is 17.7 Å². The van der Waals surface area contributed by atoms with Gasteiger partial charge in [0.25, 0.3) is 0 Å². The number of rotatable bonds is 14. The number of amidine groups is 1. The Morgan fingerprint density at radius 1 is 1.39 bits per heavy atom. The third kappa shape index (κ3) is 9.10. The van der Waals surface area contributed by atoms with Gasteiger partial charge in [-0.15, -0.1) is 0 Å². The van der Waals surface area contributed by atoms with Gasteiger partial charge in [0, 0.05) is 20.1 Å². The zero-order valence-corrected chi connectivity index (χ0v) is 17.1. The molecule has 0 bridgehead atoms. The minimum Gasteiger partial charge on any atom is -0.369 e. The first kappa shape index (κ1) is 23.8. The second kappa shape index (κ2) is 13.8. The quantitative estimate of drug-likeness (QED) is 0.0979. The number of pyridine rings is 1. The van der Waals surface area contributed by atoms with Gasteiger partial charge in [-0.2, -0.15) is 0 Å². The van der Waals surface area contributed by atoms with Gasteiger partial charge in [0.1, 0.15) is 11.5 Å². The summed E-state index contributed by atoms with van der Waals surface area (Å²) in [6, 6.07) is 3.55. The first-order valence-electron chi connectivity index (χ1n) is 9.84. The summed E-state index contributed by atoms with van der Waals surface area (Å²) < 4.78 is 13.3.